The molecule has 0 spiro atoms. The topological polar surface area (TPSA) is 70.4 Å². The maximum atomic E-state index is 11.9. The molecule has 7 heteroatoms. The van der Waals surface area contributed by atoms with Gasteiger partial charge in [0.15, 0.2) is 0 Å². The molecule has 0 radical (unpaired) electrons. The van der Waals surface area contributed by atoms with Crippen LogP contribution in [-0.4, -0.2) is 22.4 Å². The zero-order valence-electron chi connectivity index (χ0n) is 13.7. The van der Waals surface area contributed by atoms with Crippen molar-refractivity contribution in [3.63, 3.8) is 0 Å². The number of aromatic nitrogens is 2. The van der Waals surface area contributed by atoms with E-state index in [1.54, 1.807) is 48.5 Å². The highest BCUT2D eigenvalue weighted by Crippen LogP contribution is 2.20. The Bertz CT molecular complexity index is 940. The predicted octanol–water partition coefficient (Wildman–Crippen LogP) is 3.55. The minimum absolute atomic E-state index is 0.0189. The third-order valence-corrected chi connectivity index (χ3v) is 3.68. The average Bonchev–Trinajstić information content (AvgIpc) is 2.66. The van der Waals surface area contributed by atoms with E-state index in [9.17, 15) is 9.59 Å². The van der Waals surface area contributed by atoms with Crippen molar-refractivity contribution in [2.45, 2.75) is 6.54 Å². The van der Waals surface area contributed by atoms with E-state index in [1.165, 1.54) is 16.8 Å². The van der Waals surface area contributed by atoms with Crippen molar-refractivity contribution >= 4 is 17.6 Å². The Balaban J connectivity index is 1.62. The molecule has 3 aromatic rings. The molecule has 0 aliphatic heterocycles. The fourth-order valence-electron chi connectivity index (χ4n) is 2.15. The zero-order chi connectivity index (χ0) is 18.4. The van der Waals surface area contributed by atoms with Crippen LogP contribution in [0.4, 0.5) is 0 Å². The Labute approximate surface area is 154 Å². The molecule has 0 saturated heterocycles. The Hall–Kier alpha value is -3.12. The molecule has 0 saturated carbocycles. The molecule has 3 rings (SSSR count). The number of hydrogen-bond acceptors (Lipinski definition) is 5. The molecule has 0 aliphatic rings. The van der Waals surface area contributed by atoms with Gasteiger partial charge in [-0.05, 0) is 36.4 Å². The van der Waals surface area contributed by atoms with Gasteiger partial charge in [-0.1, -0.05) is 29.8 Å². The van der Waals surface area contributed by atoms with Gasteiger partial charge in [-0.2, -0.15) is 0 Å². The van der Waals surface area contributed by atoms with Gasteiger partial charge in [-0.15, -0.1) is 5.10 Å². The highest BCUT2D eigenvalue weighted by atomic mass is 35.5. The minimum atomic E-state index is -0.452. The molecule has 0 aliphatic carbocycles. The number of benzene rings is 2. The lowest BCUT2D eigenvalue weighted by Gasteiger charge is -2.09. The number of nitrogens with zero attached hydrogens (tertiary/aromatic N) is 2. The molecule has 132 valence electrons. The van der Waals surface area contributed by atoms with E-state index >= 15 is 0 Å². The molecular formula is C19H15ClN2O4. The van der Waals surface area contributed by atoms with E-state index in [1.807, 2.05) is 6.07 Å². The van der Waals surface area contributed by atoms with Crippen LogP contribution in [-0.2, 0) is 11.3 Å². The van der Waals surface area contributed by atoms with Crippen molar-refractivity contribution in [1.29, 1.82) is 0 Å². The van der Waals surface area contributed by atoms with Crippen LogP contribution < -0.4 is 10.3 Å². The third-order valence-electron chi connectivity index (χ3n) is 3.42. The second kappa shape index (κ2) is 8.31. The summed E-state index contributed by atoms with van der Waals surface area (Å²) in [6.07, 6.45) is 0. The third kappa shape index (κ3) is 4.70. The molecule has 6 nitrogen and oxygen atoms in total. The van der Waals surface area contributed by atoms with Gasteiger partial charge in [0, 0.05) is 17.2 Å². The summed E-state index contributed by atoms with van der Waals surface area (Å²) in [5.74, 6) is 0.344. The first-order valence-corrected chi connectivity index (χ1v) is 8.23. The Kier molecular flexibility index (Phi) is 5.66. The average molecular weight is 371 g/mol. The highest BCUT2D eigenvalue weighted by Gasteiger charge is 2.07. The summed E-state index contributed by atoms with van der Waals surface area (Å²) < 4.78 is 11.9. The lowest BCUT2D eigenvalue weighted by molar-refractivity contribution is 0.0485. The number of rotatable bonds is 6. The van der Waals surface area contributed by atoms with Gasteiger partial charge >= 0.3 is 5.97 Å². The quantitative estimate of drug-likeness (QED) is 0.620. The van der Waals surface area contributed by atoms with Gasteiger partial charge in [0.05, 0.1) is 12.1 Å². The zero-order valence-corrected chi connectivity index (χ0v) is 14.4. The van der Waals surface area contributed by atoms with Crippen molar-refractivity contribution in [2.24, 2.45) is 0 Å². The molecule has 0 amide bonds. The molecule has 0 fully saturated rings. The van der Waals surface area contributed by atoms with Gasteiger partial charge in [0.1, 0.15) is 12.4 Å². The van der Waals surface area contributed by atoms with E-state index < -0.39 is 5.97 Å². The summed E-state index contributed by atoms with van der Waals surface area (Å²) in [4.78, 5) is 23.8. The summed E-state index contributed by atoms with van der Waals surface area (Å²) in [6, 6.07) is 18.2. The van der Waals surface area contributed by atoms with Crippen molar-refractivity contribution in [1.82, 2.24) is 9.78 Å². The number of ether oxygens (including phenoxy) is 2. The minimum Gasteiger partial charge on any atom is -0.460 e. The van der Waals surface area contributed by atoms with Gasteiger partial charge < -0.3 is 9.47 Å². The van der Waals surface area contributed by atoms with Gasteiger partial charge in [-0.3, -0.25) is 4.79 Å². The number of halogens is 1. The van der Waals surface area contributed by atoms with Gasteiger partial charge in [-0.25, -0.2) is 9.48 Å². The van der Waals surface area contributed by atoms with E-state index in [-0.39, 0.29) is 24.6 Å². The number of hydrogen-bond donors (Lipinski definition) is 0. The second-order valence-electron chi connectivity index (χ2n) is 5.29. The normalized spacial score (nSPS) is 10.3. The number of carbonyl (C=O) groups is 1. The summed E-state index contributed by atoms with van der Waals surface area (Å²) >= 11 is 5.83. The van der Waals surface area contributed by atoms with Gasteiger partial charge in [0.25, 0.3) is 5.56 Å². The van der Waals surface area contributed by atoms with Crippen LogP contribution in [0.3, 0.4) is 0 Å². The second-order valence-corrected chi connectivity index (χ2v) is 5.73. The van der Waals surface area contributed by atoms with Crippen LogP contribution in [0, 0.1) is 0 Å². The van der Waals surface area contributed by atoms with Crippen LogP contribution in [0.15, 0.2) is 71.5 Å². The van der Waals surface area contributed by atoms with Crippen molar-refractivity contribution < 1.29 is 14.3 Å². The Morgan fingerprint density at radius 1 is 1.00 bits per heavy atom. The highest BCUT2D eigenvalue weighted by molar-refractivity contribution is 6.30. The molecule has 0 N–H and O–H groups in total. The van der Waals surface area contributed by atoms with Crippen molar-refractivity contribution in [2.75, 3.05) is 6.61 Å². The largest absolute Gasteiger partial charge is 0.460 e. The smallest absolute Gasteiger partial charge is 0.338 e. The molecule has 0 unspecified atom stereocenters. The first-order valence-electron chi connectivity index (χ1n) is 7.85. The van der Waals surface area contributed by atoms with E-state index in [0.717, 1.165) is 0 Å². The standard InChI is InChI=1S/C19H15ClN2O4/c20-15-6-8-16(9-7-15)26-17-10-11-18(23)22(21-17)12-13-25-19(24)14-4-2-1-3-5-14/h1-11H,12-13H2. The fourth-order valence-corrected chi connectivity index (χ4v) is 2.28. The SMILES string of the molecule is O=C(OCCn1nc(Oc2ccc(Cl)cc2)ccc1=O)c1ccccc1. The molecule has 0 bridgehead atoms. The molecule has 26 heavy (non-hydrogen) atoms. The molecular weight excluding hydrogens is 356 g/mol. The maximum Gasteiger partial charge on any atom is 0.338 e. The van der Waals surface area contributed by atoms with Crippen molar-refractivity contribution in [3.05, 3.63) is 87.7 Å². The lowest BCUT2D eigenvalue weighted by Crippen LogP contribution is -2.25. The molecule has 1 aromatic heterocycles. The predicted molar refractivity (Wildman–Crippen MR) is 96.7 cm³/mol. The van der Waals surface area contributed by atoms with Crippen molar-refractivity contribution in [3.8, 4) is 11.6 Å². The fraction of sp³-hybridized carbons (Fsp3) is 0.105. The number of esters is 1. The lowest BCUT2D eigenvalue weighted by atomic mass is 10.2. The summed E-state index contributed by atoms with van der Waals surface area (Å²) in [5.41, 5.74) is 0.136. The molecule has 2 aromatic carbocycles. The van der Waals surface area contributed by atoms with E-state index in [4.69, 9.17) is 21.1 Å². The molecule has 0 atom stereocenters. The number of carbonyl (C=O) groups excluding carboxylic acids is 1. The summed E-state index contributed by atoms with van der Waals surface area (Å²) in [6.45, 7) is 0.139. The maximum absolute atomic E-state index is 11.9. The summed E-state index contributed by atoms with van der Waals surface area (Å²) in [7, 11) is 0. The van der Waals surface area contributed by atoms with Gasteiger partial charge in [0.2, 0.25) is 5.88 Å². The summed E-state index contributed by atoms with van der Waals surface area (Å²) in [5, 5.41) is 4.71. The molecule has 1 heterocycles. The van der Waals surface area contributed by atoms with E-state index in [0.29, 0.717) is 16.3 Å². The first kappa shape index (κ1) is 17.7. The van der Waals surface area contributed by atoms with Crippen LogP contribution in [0.2, 0.25) is 5.02 Å². The van der Waals surface area contributed by atoms with E-state index in [2.05, 4.69) is 5.10 Å². The van der Waals surface area contributed by atoms with Crippen LogP contribution in [0.25, 0.3) is 0 Å². The Morgan fingerprint density at radius 2 is 1.73 bits per heavy atom. The Morgan fingerprint density at radius 3 is 2.46 bits per heavy atom. The van der Waals surface area contributed by atoms with Crippen LogP contribution >= 0.6 is 11.6 Å². The monoisotopic (exact) mass is 370 g/mol. The first-order chi connectivity index (χ1) is 12.6. The van der Waals surface area contributed by atoms with Crippen LogP contribution in [0.5, 0.6) is 11.6 Å². The van der Waals surface area contributed by atoms with Crippen LogP contribution in [0.1, 0.15) is 10.4 Å².